The van der Waals surface area contributed by atoms with Gasteiger partial charge in [0.2, 0.25) is 5.95 Å². The zero-order chi connectivity index (χ0) is 22.8. The Hall–Kier alpha value is -3.73. The van der Waals surface area contributed by atoms with E-state index in [1.54, 1.807) is 30.0 Å². The lowest BCUT2D eigenvalue weighted by Gasteiger charge is -2.14. The highest BCUT2D eigenvalue weighted by Crippen LogP contribution is 2.27. The van der Waals surface area contributed by atoms with Gasteiger partial charge in [-0.25, -0.2) is 14.1 Å². The number of rotatable bonds is 6. The molecule has 10 nitrogen and oxygen atoms in total. The van der Waals surface area contributed by atoms with Crippen LogP contribution in [0.25, 0.3) is 5.82 Å². The van der Waals surface area contributed by atoms with Gasteiger partial charge in [0, 0.05) is 43.2 Å². The number of anilines is 2. The third-order valence-electron chi connectivity index (χ3n) is 5.13. The van der Waals surface area contributed by atoms with E-state index < -0.39 is 11.9 Å². The van der Waals surface area contributed by atoms with Crippen molar-refractivity contribution in [1.82, 2.24) is 24.6 Å². The number of aliphatic hydroxyl groups is 1. The quantitative estimate of drug-likeness (QED) is 0.596. The molecule has 1 fully saturated rings. The standard InChI is InChI=1S/C21H23FN6O4/c1-12-17(20(30)27-5-4-14(29)10-27)11-28(26-12)19-18(22)9-23-21(25-19)24-13-6-15(31-2)8-16(7-13)32-3/h6-9,11,14,29H,4-5,10H2,1-3H3,(H,23,24,25)/t14-/m1/s1. The summed E-state index contributed by atoms with van der Waals surface area (Å²) in [6.45, 7) is 2.39. The van der Waals surface area contributed by atoms with E-state index in [-0.39, 0.29) is 24.2 Å². The molecule has 1 aliphatic rings. The van der Waals surface area contributed by atoms with E-state index in [1.165, 1.54) is 25.1 Å². The molecule has 1 atom stereocenters. The third-order valence-corrected chi connectivity index (χ3v) is 5.13. The van der Waals surface area contributed by atoms with E-state index >= 15 is 0 Å². The van der Waals surface area contributed by atoms with Gasteiger partial charge in [-0.2, -0.15) is 10.1 Å². The number of nitrogens with one attached hydrogen (secondary N) is 1. The van der Waals surface area contributed by atoms with Crippen LogP contribution in [0.3, 0.4) is 0 Å². The first-order valence-electron chi connectivity index (χ1n) is 9.94. The van der Waals surface area contributed by atoms with Gasteiger partial charge in [0.1, 0.15) is 11.5 Å². The number of carbonyl (C=O) groups excluding carboxylic acids is 1. The number of hydrogen-bond acceptors (Lipinski definition) is 8. The number of aryl methyl sites for hydroxylation is 1. The summed E-state index contributed by atoms with van der Waals surface area (Å²) in [4.78, 5) is 22.5. The summed E-state index contributed by atoms with van der Waals surface area (Å²) >= 11 is 0. The minimum absolute atomic E-state index is 0.110. The third kappa shape index (κ3) is 4.33. The number of aromatic nitrogens is 4. The molecule has 0 radical (unpaired) electrons. The van der Waals surface area contributed by atoms with Gasteiger partial charge >= 0.3 is 0 Å². The Morgan fingerprint density at radius 1 is 1.25 bits per heavy atom. The number of aliphatic hydroxyl groups excluding tert-OH is 1. The lowest BCUT2D eigenvalue weighted by Crippen LogP contribution is -2.29. The van der Waals surface area contributed by atoms with Gasteiger partial charge in [-0.05, 0) is 13.3 Å². The molecular formula is C21H23FN6O4. The van der Waals surface area contributed by atoms with E-state index in [0.717, 1.165) is 6.20 Å². The van der Waals surface area contributed by atoms with Crippen molar-refractivity contribution < 1.29 is 23.8 Å². The Bertz CT molecular complexity index is 1130. The Morgan fingerprint density at radius 2 is 1.97 bits per heavy atom. The zero-order valence-corrected chi connectivity index (χ0v) is 17.9. The zero-order valence-electron chi connectivity index (χ0n) is 17.9. The number of methoxy groups -OCH3 is 2. The van der Waals surface area contributed by atoms with Gasteiger partial charge < -0.3 is 24.8 Å². The molecule has 3 heterocycles. The number of nitrogens with zero attached hydrogens (tertiary/aromatic N) is 5. The summed E-state index contributed by atoms with van der Waals surface area (Å²) in [6.07, 6.45) is 2.46. The Balaban J connectivity index is 1.62. The number of halogens is 1. The number of β-amino-alcohol motifs (C(OH)–C–C–N with tert-alkyl or cyclic N) is 1. The number of carbonyl (C=O) groups is 1. The van der Waals surface area contributed by atoms with Gasteiger partial charge in [-0.3, -0.25) is 4.79 Å². The molecule has 2 N–H and O–H groups in total. The predicted octanol–water partition coefficient (Wildman–Crippen LogP) is 2.08. The van der Waals surface area contributed by atoms with Crippen molar-refractivity contribution in [1.29, 1.82) is 0 Å². The molecule has 1 aliphatic heterocycles. The van der Waals surface area contributed by atoms with Crippen LogP contribution in [0.4, 0.5) is 16.0 Å². The fraction of sp³-hybridized carbons (Fsp3) is 0.333. The molecule has 32 heavy (non-hydrogen) atoms. The Kier molecular flexibility index (Phi) is 5.91. The molecule has 1 saturated heterocycles. The van der Waals surface area contributed by atoms with Crippen LogP contribution in [0, 0.1) is 12.7 Å². The second-order valence-electron chi connectivity index (χ2n) is 7.36. The molecule has 4 rings (SSSR count). The second kappa shape index (κ2) is 8.79. The average Bonchev–Trinajstić information content (AvgIpc) is 3.39. The first-order chi connectivity index (χ1) is 15.4. The number of amides is 1. The van der Waals surface area contributed by atoms with Gasteiger partial charge in [0.05, 0.1) is 37.8 Å². The summed E-state index contributed by atoms with van der Waals surface area (Å²) in [5.41, 5.74) is 1.34. The first kappa shape index (κ1) is 21.5. The first-order valence-corrected chi connectivity index (χ1v) is 9.94. The summed E-state index contributed by atoms with van der Waals surface area (Å²) in [5, 5.41) is 17.0. The van der Waals surface area contributed by atoms with Crippen LogP contribution >= 0.6 is 0 Å². The van der Waals surface area contributed by atoms with Crippen LogP contribution < -0.4 is 14.8 Å². The number of ether oxygens (including phenoxy) is 2. The maximum absolute atomic E-state index is 14.5. The summed E-state index contributed by atoms with van der Waals surface area (Å²) in [5.74, 6) is 0.180. The van der Waals surface area contributed by atoms with Crippen LogP contribution in [0.2, 0.25) is 0 Å². The van der Waals surface area contributed by atoms with Crippen molar-refractivity contribution in [3.8, 4) is 17.3 Å². The lowest BCUT2D eigenvalue weighted by molar-refractivity contribution is 0.0764. The van der Waals surface area contributed by atoms with Gasteiger partial charge in [-0.1, -0.05) is 0 Å². The highest BCUT2D eigenvalue weighted by atomic mass is 19.1. The molecule has 11 heteroatoms. The fourth-order valence-electron chi connectivity index (χ4n) is 3.46. The van der Waals surface area contributed by atoms with Crippen molar-refractivity contribution in [3.63, 3.8) is 0 Å². The maximum atomic E-state index is 14.5. The van der Waals surface area contributed by atoms with Crippen LogP contribution in [0.1, 0.15) is 22.5 Å². The SMILES string of the molecule is COc1cc(Nc2ncc(F)c(-n3cc(C(=O)N4CC[C@@H](O)C4)c(C)n3)n2)cc(OC)c1. The molecule has 3 aromatic rings. The molecule has 0 saturated carbocycles. The minimum atomic E-state index is -0.697. The van der Waals surface area contributed by atoms with Gasteiger partial charge in [-0.15, -0.1) is 0 Å². The van der Waals surface area contributed by atoms with Crippen molar-refractivity contribution >= 4 is 17.5 Å². The predicted molar refractivity (Wildman–Crippen MR) is 113 cm³/mol. The molecule has 0 spiro atoms. The number of hydrogen-bond donors (Lipinski definition) is 2. The lowest BCUT2D eigenvalue weighted by atomic mass is 10.2. The Morgan fingerprint density at radius 3 is 2.59 bits per heavy atom. The normalized spacial score (nSPS) is 15.7. The largest absolute Gasteiger partial charge is 0.497 e. The van der Waals surface area contributed by atoms with E-state index in [1.807, 2.05) is 0 Å². The van der Waals surface area contributed by atoms with E-state index in [9.17, 15) is 14.3 Å². The van der Waals surface area contributed by atoms with E-state index in [2.05, 4.69) is 20.4 Å². The van der Waals surface area contributed by atoms with E-state index in [0.29, 0.717) is 41.4 Å². The number of likely N-dealkylation sites (tertiary alicyclic amines) is 1. The molecule has 168 valence electrons. The second-order valence-corrected chi connectivity index (χ2v) is 7.36. The molecule has 1 amide bonds. The molecule has 1 aromatic carbocycles. The molecule has 0 bridgehead atoms. The average molecular weight is 442 g/mol. The van der Waals surface area contributed by atoms with Crippen molar-refractivity contribution in [2.75, 3.05) is 32.6 Å². The highest BCUT2D eigenvalue weighted by Gasteiger charge is 2.28. The van der Waals surface area contributed by atoms with E-state index in [4.69, 9.17) is 9.47 Å². The fourth-order valence-corrected chi connectivity index (χ4v) is 3.46. The molecule has 2 aromatic heterocycles. The van der Waals surface area contributed by atoms with Crippen LogP contribution in [-0.2, 0) is 0 Å². The summed E-state index contributed by atoms with van der Waals surface area (Å²) in [7, 11) is 3.07. The smallest absolute Gasteiger partial charge is 0.257 e. The van der Waals surface area contributed by atoms with Crippen molar-refractivity contribution in [2.45, 2.75) is 19.4 Å². The van der Waals surface area contributed by atoms with Crippen LogP contribution in [0.15, 0.2) is 30.6 Å². The molecule has 0 aliphatic carbocycles. The topological polar surface area (TPSA) is 115 Å². The number of benzene rings is 1. The summed E-state index contributed by atoms with van der Waals surface area (Å²) < 4.78 is 26.3. The van der Waals surface area contributed by atoms with Gasteiger partial charge in [0.25, 0.3) is 5.91 Å². The maximum Gasteiger partial charge on any atom is 0.257 e. The monoisotopic (exact) mass is 442 g/mol. The molecule has 0 unspecified atom stereocenters. The minimum Gasteiger partial charge on any atom is -0.497 e. The molecular weight excluding hydrogens is 419 g/mol. The highest BCUT2D eigenvalue weighted by molar-refractivity contribution is 5.95. The summed E-state index contributed by atoms with van der Waals surface area (Å²) in [6, 6.07) is 5.15. The van der Waals surface area contributed by atoms with Crippen molar-refractivity contribution in [2.24, 2.45) is 0 Å². The van der Waals surface area contributed by atoms with Crippen LogP contribution in [-0.4, -0.2) is 69.1 Å². The van der Waals surface area contributed by atoms with Gasteiger partial charge in [0.15, 0.2) is 11.6 Å². The van der Waals surface area contributed by atoms with Crippen molar-refractivity contribution in [3.05, 3.63) is 47.7 Å². The van der Waals surface area contributed by atoms with Crippen LogP contribution in [0.5, 0.6) is 11.5 Å². The Labute approximate surface area is 183 Å².